The highest BCUT2D eigenvalue weighted by Gasteiger charge is 2.21. The van der Waals surface area contributed by atoms with Crippen molar-refractivity contribution < 1.29 is 13.2 Å². The van der Waals surface area contributed by atoms with Gasteiger partial charge in [-0.2, -0.15) is 0 Å². The molecule has 1 heterocycles. The smallest absolute Gasteiger partial charge is 0.219 e. The molecule has 1 saturated heterocycles. The number of carbonyl (C=O) groups excluding carboxylic acids is 1. The molecule has 1 N–H and O–H groups in total. The van der Waals surface area contributed by atoms with Gasteiger partial charge in [0.15, 0.2) is 15.8 Å². The average molecular weight is 494 g/mol. The van der Waals surface area contributed by atoms with Crippen molar-refractivity contribution in [1.82, 2.24) is 15.1 Å². The number of benzene rings is 1. The quantitative estimate of drug-likeness (QED) is 0.378. The maximum atomic E-state index is 12.3. The van der Waals surface area contributed by atoms with Gasteiger partial charge in [-0.25, -0.2) is 8.42 Å². The van der Waals surface area contributed by atoms with Gasteiger partial charge in [0.1, 0.15) is 0 Å². The molecule has 0 aromatic heterocycles. The van der Waals surface area contributed by atoms with Gasteiger partial charge in [-0.1, -0.05) is 18.2 Å². The topological polar surface area (TPSA) is 82.1 Å². The number of guanidine groups is 1. The maximum absolute atomic E-state index is 12.3. The van der Waals surface area contributed by atoms with Crippen molar-refractivity contribution in [1.29, 1.82) is 0 Å². The molecule has 9 heteroatoms. The van der Waals surface area contributed by atoms with Crippen molar-refractivity contribution in [2.24, 2.45) is 4.99 Å². The summed E-state index contributed by atoms with van der Waals surface area (Å²) in [6, 6.07) is 8.43. The predicted molar refractivity (Wildman–Crippen MR) is 114 cm³/mol. The van der Waals surface area contributed by atoms with Gasteiger partial charge < -0.3 is 15.1 Å². The lowest BCUT2D eigenvalue weighted by molar-refractivity contribution is -0.130. The lowest BCUT2D eigenvalue weighted by atomic mass is 10.3. The lowest BCUT2D eigenvalue weighted by Crippen LogP contribution is -2.53. The monoisotopic (exact) mass is 494 g/mol. The molecule has 0 radical (unpaired) electrons. The molecule has 26 heavy (non-hydrogen) atoms. The number of sulfone groups is 1. The van der Waals surface area contributed by atoms with E-state index < -0.39 is 9.84 Å². The normalized spacial score (nSPS) is 15.4. The minimum Gasteiger partial charge on any atom is -0.357 e. The van der Waals surface area contributed by atoms with Gasteiger partial charge in [-0.15, -0.1) is 24.0 Å². The highest BCUT2D eigenvalue weighted by atomic mass is 127. The molecule has 0 unspecified atom stereocenters. The second-order valence-corrected chi connectivity index (χ2v) is 7.97. The predicted octanol–water partition coefficient (Wildman–Crippen LogP) is 1.21. The maximum Gasteiger partial charge on any atom is 0.219 e. The second kappa shape index (κ2) is 10.7. The highest BCUT2D eigenvalue weighted by Crippen LogP contribution is 2.10. The molecule has 7 nitrogen and oxygen atoms in total. The van der Waals surface area contributed by atoms with Crippen LogP contribution in [0.25, 0.3) is 0 Å². The molecule has 0 saturated carbocycles. The van der Waals surface area contributed by atoms with Gasteiger partial charge in [0.2, 0.25) is 5.91 Å². The number of halogens is 1. The molecule has 1 aliphatic rings. The molecule has 0 bridgehead atoms. The fourth-order valence-electron chi connectivity index (χ4n) is 2.68. The van der Waals surface area contributed by atoms with E-state index in [9.17, 15) is 13.2 Å². The standard InChI is InChI=1S/C17H26N4O3S.HI/c1-3-18-17(21-12-10-20(11-13-21)15(2)22)19-9-14-25(23,24)16-7-5-4-6-8-16;/h4-8H,3,9-14H2,1-2H3,(H,18,19);1H. The molecule has 1 aromatic rings. The molecule has 1 fully saturated rings. The number of carbonyl (C=O) groups is 1. The van der Waals surface area contributed by atoms with E-state index in [-0.39, 0.29) is 42.2 Å². The first-order valence-corrected chi connectivity index (χ1v) is 10.2. The third-order valence-corrected chi connectivity index (χ3v) is 5.79. The summed E-state index contributed by atoms with van der Waals surface area (Å²) >= 11 is 0. The Labute approximate surface area is 172 Å². The van der Waals surface area contributed by atoms with Gasteiger partial charge in [0, 0.05) is 39.6 Å². The summed E-state index contributed by atoms with van der Waals surface area (Å²) in [5.41, 5.74) is 0. The number of amides is 1. The molecule has 1 aliphatic heterocycles. The van der Waals surface area contributed by atoms with Crippen molar-refractivity contribution in [3.05, 3.63) is 30.3 Å². The molecule has 2 rings (SSSR count). The van der Waals surface area contributed by atoms with Gasteiger partial charge in [-0.05, 0) is 19.1 Å². The molecule has 1 amide bonds. The third-order valence-electron chi connectivity index (χ3n) is 4.08. The van der Waals surface area contributed by atoms with Crippen LogP contribution in [0.1, 0.15) is 13.8 Å². The SMILES string of the molecule is CCNC(=NCCS(=O)(=O)c1ccccc1)N1CCN(C(C)=O)CC1.I. The first-order valence-electron chi connectivity index (χ1n) is 8.50. The third kappa shape index (κ3) is 6.42. The average Bonchev–Trinajstić information content (AvgIpc) is 2.62. The van der Waals surface area contributed by atoms with E-state index in [1.165, 1.54) is 0 Å². The lowest BCUT2D eigenvalue weighted by Gasteiger charge is -2.36. The van der Waals surface area contributed by atoms with Crippen LogP contribution in [0.2, 0.25) is 0 Å². The summed E-state index contributed by atoms with van der Waals surface area (Å²) in [5, 5.41) is 3.20. The van der Waals surface area contributed by atoms with Crippen molar-refractivity contribution in [2.45, 2.75) is 18.7 Å². The molecule has 146 valence electrons. The fourth-order valence-corrected chi connectivity index (χ4v) is 3.82. The van der Waals surface area contributed by atoms with Crippen LogP contribution in [0.15, 0.2) is 40.2 Å². The summed E-state index contributed by atoms with van der Waals surface area (Å²) < 4.78 is 24.6. The highest BCUT2D eigenvalue weighted by molar-refractivity contribution is 14.0. The molecule has 1 aromatic carbocycles. The Hall–Kier alpha value is -1.36. The van der Waals surface area contributed by atoms with Crippen LogP contribution in [-0.4, -0.2) is 75.1 Å². The van der Waals surface area contributed by atoms with E-state index in [0.717, 1.165) is 0 Å². The fraction of sp³-hybridized carbons (Fsp3) is 0.529. The minimum absolute atomic E-state index is 0. The van der Waals surface area contributed by atoms with Crippen molar-refractivity contribution in [3.63, 3.8) is 0 Å². The number of hydrogen-bond donors (Lipinski definition) is 1. The zero-order chi connectivity index (χ0) is 18.3. The molecular weight excluding hydrogens is 467 g/mol. The van der Waals surface area contributed by atoms with E-state index in [1.807, 2.05) is 6.92 Å². The van der Waals surface area contributed by atoms with Gasteiger partial charge in [0.05, 0.1) is 17.2 Å². The Kier molecular flexibility index (Phi) is 9.34. The van der Waals surface area contributed by atoms with E-state index >= 15 is 0 Å². The zero-order valence-corrected chi connectivity index (χ0v) is 18.4. The molecule has 0 atom stereocenters. The Morgan fingerprint density at radius 1 is 1.12 bits per heavy atom. The van der Waals surface area contributed by atoms with E-state index in [0.29, 0.717) is 43.6 Å². The number of rotatable bonds is 5. The van der Waals surface area contributed by atoms with E-state index in [4.69, 9.17) is 0 Å². The van der Waals surface area contributed by atoms with Crippen molar-refractivity contribution in [3.8, 4) is 0 Å². The van der Waals surface area contributed by atoms with E-state index in [2.05, 4.69) is 15.2 Å². The minimum atomic E-state index is -3.33. The zero-order valence-electron chi connectivity index (χ0n) is 15.2. The Morgan fingerprint density at radius 2 is 1.69 bits per heavy atom. The Balaban J connectivity index is 0.00000338. The Bertz CT molecular complexity index is 702. The Morgan fingerprint density at radius 3 is 2.23 bits per heavy atom. The van der Waals surface area contributed by atoms with Crippen LogP contribution in [0, 0.1) is 0 Å². The molecular formula is C17H27IN4O3S. The van der Waals surface area contributed by atoms with E-state index in [1.54, 1.807) is 42.2 Å². The van der Waals surface area contributed by atoms with Gasteiger partial charge in [0.25, 0.3) is 0 Å². The van der Waals surface area contributed by atoms with Crippen LogP contribution < -0.4 is 5.32 Å². The summed E-state index contributed by atoms with van der Waals surface area (Å²) in [6.45, 7) is 7.15. The largest absolute Gasteiger partial charge is 0.357 e. The van der Waals surface area contributed by atoms with Crippen LogP contribution in [0.4, 0.5) is 0 Å². The van der Waals surface area contributed by atoms with Crippen LogP contribution >= 0.6 is 24.0 Å². The van der Waals surface area contributed by atoms with Crippen LogP contribution in [0.5, 0.6) is 0 Å². The second-order valence-electron chi connectivity index (χ2n) is 5.86. The van der Waals surface area contributed by atoms with Crippen LogP contribution in [-0.2, 0) is 14.6 Å². The molecule has 0 spiro atoms. The van der Waals surface area contributed by atoms with Crippen LogP contribution in [0.3, 0.4) is 0 Å². The number of piperazine rings is 1. The van der Waals surface area contributed by atoms with Gasteiger partial charge in [-0.3, -0.25) is 9.79 Å². The van der Waals surface area contributed by atoms with Crippen molar-refractivity contribution in [2.75, 3.05) is 45.0 Å². The van der Waals surface area contributed by atoms with Crippen molar-refractivity contribution >= 4 is 45.7 Å². The van der Waals surface area contributed by atoms with Gasteiger partial charge >= 0.3 is 0 Å². The number of nitrogens with one attached hydrogen (secondary N) is 1. The summed E-state index contributed by atoms with van der Waals surface area (Å²) in [6.07, 6.45) is 0. The summed E-state index contributed by atoms with van der Waals surface area (Å²) in [7, 11) is -3.33. The first kappa shape index (κ1) is 22.7. The molecule has 0 aliphatic carbocycles. The number of nitrogens with zero attached hydrogens (tertiary/aromatic N) is 3. The number of hydrogen-bond acceptors (Lipinski definition) is 4. The number of aliphatic imine (C=N–C) groups is 1. The first-order chi connectivity index (χ1) is 11.9. The summed E-state index contributed by atoms with van der Waals surface area (Å²) in [4.78, 5) is 20.1. The summed E-state index contributed by atoms with van der Waals surface area (Å²) in [5.74, 6) is 0.753.